The van der Waals surface area contributed by atoms with Crippen molar-refractivity contribution in [1.82, 2.24) is 4.90 Å². The summed E-state index contributed by atoms with van der Waals surface area (Å²) in [6, 6.07) is 0. The number of hydrogen-bond acceptors (Lipinski definition) is 2. The van der Waals surface area contributed by atoms with Crippen LogP contribution in [0.25, 0.3) is 0 Å². The fourth-order valence-corrected chi connectivity index (χ4v) is 1.86. The lowest BCUT2D eigenvalue weighted by Crippen LogP contribution is -2.32. The van der Waals surface area contributed by atoms with Gasteiger partial charge in [0, 0.05) is 13.1 Å². The van der Waals surface area contributed by atoms with Crippen molar-refractivity contribution < 1.29 is 14.0 Å². The van der Waals surface area contributed by atoms with Gasteiger partial charge in [-0.2, -0.15) is 0 Å². The van der Waals surface area contributed by atoms with E-state index < -0.39 is 17.6 Å². The van der Waals surface area contributed by atoms with Gasteiger partial charge in [-0.25, -0.2) is 4.39 Å². The lowest BCUT2D eigenvalue weighted by molar-refractivity contribution is -0.128. The van der Waals surface area contributed by atoms with E-state index in [9.17, 15) is 14.0 Å². The molecule has 2 N–H and O–H groups in total. The van der Waals surface area contributed by atoms with Crippen LogP contribution in [0, 0.1) is 11.8 Å². The van der Waals surface area contributed by atoms with Crippen molar-refractivity contribution in [3.8, 4) is 0 Å². The van der Waals surface area contributed by atoms with E-state index in [4.69, 9.17) is 5.73 Å². The molecule has 0 radical (unpaired) electrons. The van der Waals surface area contributed by atoms with Crippen molar-refractivity contribution in [1.29, 1.82) is 0 Å². The van der Waals surface area contributed by atoms with Crippen molar-refractivity contribution in [3.05, 3.63) is 11.4 Å². The minimum atomic E-state index is -0.739. The number of carbonyl (C=O) groups excluding carboxylic acids is 2. The smallest absolute Gasteiger partial charge is 0.282 e. The highest BCUT2D eigenvalue weighted by Crippen LogP contribution is 2.24. The Bertz CT molecular complexity index is 348. The summed E-state index contributed by atoms with van der Waals surface area (Å²) in [6.07, 6.45) is 0. The van der Waals surface area contributed by atoms with E-state index in [1.807, 2.05) is 6.92 Å². The monoisotopic (exact) mass is 228 g/mol. The van der Waals surface area contributed by atoms with Gasteiger partial charge in [0.2, 0.25) is 5.91 Å². The molecule has 0 aromatic rings. The Labute approximate surface area is 94.3 Å². The number of allylic oxidation sites excluding steroid dienone is 1. The van der Waals surface area contributed by atoms with Crippen LogP contribution >= 0.6 is 0 Å². The molecule has 0 bridgehead atoms. The molecule has 1 aliphatic rings. The van der Waals surface area contributed by atoms with E-state index in [2.05, 4.69) is 0 Å². The molecule has 16 heavy (non-hydrogen) atoms. The maximum absolute atomic E-state index is 13.4. The summed E-state index contributed by atoms with van der Waals surface area (Å²) in [5.41, 5.74) is 5.55. The lowest BCUT2D eigenvalue weighted by atomic mass is 9.98. The number of likely N-dealkylation sites (tertiary alicyclic amines) is 1. The summed E-state index contributed by atoms with van der Waals surface area (Å²) in [5.74, 6) is -2.19. The van der Waals surface area contributed by atoms with Crippen molar-refractivity contribution in [2.24, 2.45) is 17.6 Å². The molecule has 0 aromatic carbocycles. The topological polar surface area (TPSA) is 63.4 Å². The summed E-state index contributed by atoms with van der Waals surface area (Å²) < 4.78 is 13.4. The highest BCUT2D eigenvalue weighted by Gasteiger charge is 2.36. The molecule has 1 rings (SSSR count). The van der Waals surface area contributed by atoms with Crippen LogP contribution in [0.2, 0.25) is 0 Å². The van der Waals surface area contributed by atoms with Crippen LogP contribution in [0.5, 0.6) is 0 Å². The van der Waals surface area contributed by atoms with E-state index in [0.717, 1.165) is 0 Å². The van der Waals surface area contributed by atoms with Gasteiger partial charge in [-0.3, -0.25) is 9.59 Å². The number of primary amides is 1. The van der Waals surface area contributed by atoms with Gasteiger partial charge in [0.1, 0.15) is 0 Å². The number of hydrogen-bond donors (Lipinski definition) is 1. The van der Waals surface area contributed by atoms with Crippen LogP contribution in [0.4, 0.5) is 4.39 Å². The number of carbonyl (C=O) groups is 2. The minimum Gasteiger partial charge on any atom is -0.369 e. The first-order valence-electron chi connectivity index (χ1n) is 5.26. The van der Waals surface area contributed by atoms with Gasteiger partial charge in [-0.15, -0.1) is 0 Å². The van der Waals surface area contributed by atoms with E-state index in [1.165, 1.54) is 18.7 Å². The zero-order valence-corrected chi connectivity index (χ0v) is 9.79. The third-order valence-electron chi connectivity index (χ3n) is 2.89. The van der Waals surface area contributed by atoms with E-state index in [1.54, 1.807) is 0 Å². The predicted molar refractivity (Wildman–Crippen MR) is 57.9 cm³/mol. The molecule has 1 aliphatic heterocycles. The average Bonchev–Trinajstić information content (AvgIpc) is 2.58. The Morgan fingerprint density at radius 2 is 1.88 bits per heavy atom. The van der Waals surface area contributed by atoms with Crippen molar-refractivity contribution >= 4 is 11.8 Å². The Morgan fingerprint density at radius 3 is 2.25 bits per heavy atom. The highest BCUT2D eigenvalue weighted by molar-refractivity contribution is 5.92. The molecule has 0 aromatic heterocycles. The zero-order valence-electron chi connectivity index (χ0n) is 9.79. The number of halogens is 1. The van der Waals surface area contributed by atoms with Gasteiger partial charge in [-0.1, -0.05) is 6.92 Å². The van der Waals surface area contributed by atoms with Gasteiger partial charge in [0.25, 0.3) is 5.91 Å². The van der Waals surface area contributed by atoms with E-state index >= 15 is 0 Å². The molecule has 1 fully saturated rings. The normalized spacial score (nSPS) is 24.4. The molecule has 0 aliphatic carbocycles. The van der Waals surface area contributed by atoms with Gasteiger partial charge in [0.15, 0.2) is 5.83 Å². The molecule has 1 heterocycles. The number of nitrogens with zero attached hydrogens (tertiary/aromatic N) is 1. The van der Waals surface area contributed by atoms with Gasteiger partial charge >= 0.3 is 0 Å². The van der Waals surface area contributed by atoms with Crippen LogP contribution in [0.3, 0.4) is 0 Å². The Balaban J connectivity index is 2.77. The molecular formula is C11H17FN2O2. The molecule has 4 nitrogen and oxygen atoms in total. The molecule has 5 heteroatoms. The standard InChI is InChI=1S/C11H17FN2O2/c1-6(2)9(12)11(16)14-4-7(3)8(5-14)10(13)15/h7-8H,4-5H2,1-3H3,(H2,13,15)/t7-,8-/m1/s1. The highest BCUT2D eigenvalue weighted by atomic mass is 19.1. The Kier molecular flexibility index (Phi) is 3.67. The van der Waals surface area contributed by atoms with Gasteiger partial charge in [0.05, 0.1) is 5.92 Å². The maximum atomic E-state index is 13.4. The Morgan fingerprint density at radius 1 is 1.31 bits per heavy atom. The molecular weight excluding hydrogens is 211 g/mol. The largest absolute Gasteiger partial charge is 0.369 e. The SMILES string of the molecule is CC(C)=C(F)C(=O)N1C[C@@H](C)[C@H](C(N)=O)C1. The maximum Gasteiger partial charge on any atom is 0.282 e. The second kappa shape index (κ2) is 4.63. The molecule has 2 amide bonds. The first kappa shape index (κ1) is 12.7. The summed E-state index contributed by atoms with van der Waals surface area (Å²) >= 11 is 0. The van der Waals surface area contributed by atoms with Crippen molar-refractivity contribution in [3.63, 3.8) is 0 Å². The van der Waals surface area contributed by atoms with Crippen LogP contribution in [-0.2, 0) is 9.59 Å². The number of rotatable bonds is 2. The third kappa shape index (κ3) is 2.40. The quantitative estimate of drug-likeness (QED) is 0.711. The van der Waals surface area contributed by atoms with Crippen LogP contribution in [0.15, 0.2) is 11.4 Å². The molecule has 0 unspecified atom stereocenters. The van der Waals surface area contributed by atoms with Crippen molar-refractivity contribution in [2.75, 3.05) is 13.1 Å². The predicted octanol–water partition coefficient (Wildman–Crippen LogP) is 0.830. The van der Waals surface area contributed by atoms with Crippen LogP contribution in [0.1, 0.15) is 20.8 Å². The third-order valence-corrected chi connectivity index (χ3v) is 2.89. The first-order chi connectivity index (χ1) is 7.34. The molecule has 2 atom stereocenters. The lowest BCUT2D eigenvalue weighted by Gasteiger charge is -2.15. The van der Waals surface area contributed by atoms with E-state index in [0.29, 0.717) is 12.1 Å². The van der Waals surface area contributed by atoms with Crippen molar-refractivity contribution in [2.45, 2.75) is 20.8 Å². The number of nitrogens with two attached hydrogens (primary N) is 1. The zero-order chi connectivity index (χ0) is 12.5. The van der Waals surface area contributed by atoms with E-state index in [-0.39, 0.29) is 18.4 Å². The van der Waals surface area contributed by atoms with Gasteiger partial charge in [-0.05, 0) is 25.3 Å². The molecule has 90 valence electrons. The van der Waals surface area contributed by atoms with Crippen LogP contribution in [-0.4, -0.2) is 29.8 Å². The summed E-state index contributed by atoms with van der Waals surface area (Å²) in [5, 5.41) is 0. The summed E-state index contributed by atoms with van der Waals surface area (Å²) in [7, 11) is 0. The molecule has 0 saturated carbocycles. The fraction of sp³-hybridized carbons (Fsp3) is 0.636. The Hall–Kier alpha value is -1.39. The molecule has 0 spiro atoms. The van der Waals surface area contributed by atoms with Gasteiger partial charge < -0.3 is 10.6 Å². The second-order valence-electron chi connectivity index (χ2n) is 4.51. The fourth-order valence-electron chi connectivity index (χ4n) is 1.86. The average molecular weight is 228 g/mol. The number of amides is 2. The second-order valence-corrected chi connectivity index (χ2v) is 4.51. The first-order valence-corrected chi connectivity index (χ1v) is 5.26. The summed E-state index contributed by atoms with van der Waals surface area (Å²) in [4.78, 5) is 24.1. The summed E-state index contributed by atoms with van der Waals surface area (Å²) in [6.45, 7) is 5.52. The molecule has 1 saturated heterocycles. The van der Waals surface area contributed by atoms with Crippen LogP contribution < -0.4 is 5.73 Å². The minimum absolute atomic E-state index is 0.00795.